The Kier molecular flexibility index (Phi) is 2.28. The van der Waals surface area contributed by atoms with Crippen LogP contribution in [0, 0.1) is 23.7 Å². The highest BCUT2D eigenvalue weighted by Gasteiger charge is 2.66. The van der Waals surface area contributed by atoms with Crippen molar-refractivity contribution in [2.24, 2.45) is 23.7 Å². The van der Waals surface area contributed by atoms with E-state index in [9.17, 15) is 0 Å². The summed E-state index contributed by atoms with van der Waals surface area (Å²) in [6.07, 6.45) is 4.38. The van der Waals surface area contributed by atoms with Gasteiger partial charge in [-0.05, 0) is 53.4 Å². The van der Waals surface area contributed by atoms with Crippen molar-refractivity contribution in [3.05, 3.63) is 5.82 Å². The second kappa shape index (κ2) is 3.76. The Morgan fingerprint density at radius 3 is 2.67 bits per heavy atom. The zero-order valence-electron chi connectivity index (χ0n) is 11.1. The van der Waals surface area contributed by atoms with E-state index in [0.717, 1.165) is 36.0 Å². The molecule has 0 saturated heterocycles. The highest BCUT2D eigenvalue weighted by atomic mass is 15.6. The quantitative estimate of drug-likeness (QED) is 0.873. The minimum atomic E-state index is 0.477. The highest BCUT2D eigenvalue weighted by Crippen LogP contribution is 2.71. The second-order valence-corrected chi connectivity index (χ2v) is 6.55. The summed E-state index contributed by atoms with van der Waals surface area (Å²) in [7, 11) is 0. The molecule has 18 heavy (non-hydrogen) atoms. The van der Waals surface area contributed by atoms with Crippen LogP contribution in [0.15, 0.2) is 0 Å². The van der Waals surface area contributed by atoms with Crippen LogP contribution in [0.2, 0.25) is 0 Å². The Morgan fingerprint density at radius 1 is 1.28 bits per heavy atom. The summed E-state index contributed by atoms with van der Waals surface area (Å²) in [5.41, 5.74) is 0. The first-order valence-corrected chi connectivity index (χ1v) is 7.26. The van der Waals surface area contributed by atoms with Gasteiger partial charge in [0.25, 0.3) is 0 Å². The fourth-order valence-corrected chi connectivity index (χ4v) is 4.46. The molecule has 1 aromatic rings. The van der Waals surface area contributed by atoms with Crippen molar-refractivity contribution in [3.8, 4) is 0 Å². The number of nitrogens with one attached hydrogen (secondary N) is 1. The lowest BCUT2D eigenvalue weighted by Crippen LogP contribution is -2.24. The molecular weight excluding hydrogens is 226 g/mol. The minimum absolute atomic E-state index is 0.477. The molecule has 0 aliphatic heterocycles. The fraction of sp³-hybridized carbons (Fsp3) is 0.923. The molecule has 98 valence electrons. The van der Waals surface area contributed by atoms with Gasteiger partial charge in [0.1, 0.15) is 0 Å². The van der Waals surface area contributed by atoms with Gasteiger partial charge in [-0.3, -0.25) is 0 Å². The van der Waals surface area contributed by atoms with Crippen LogP contribution in [0.1, 0.15) is 45.0 Å². The van der Waals surface area contributed by atoms with Crippen LogP contribution in [-0.4, -0.2) is 26.2 Å². The van der Waals surface area contributed by atoms with E-state index < -0.39 is 0 Å². The van der Waals surface area contributed by atoms with Gasteiger partial charge in [-0.15, -0.1) is 5.10 Å². The van der Waals surface area contributed by atoms with Crippen LogP contribution in [0.25, 0.3) is 0 Å². The van der Waals surface area contributed by atoms with E-state index in [1.54, 1.807) is 0 Å². The molecule has 4 rings (SSSR count). The van der Waals surface area contributed by atoms with Crippen molar-refractivity contribution in [1.82, 2.24) is 25.5 Å². The smallest absolute Gasteiger partial charge is 0.165 e. The second-order valence-electron chi connectivity index (χ2n) is 6.55. The van der Waals surface area contributed by atoms with Crippen molar-refractivity contribution in [1.29, 1.82) is 0 Å². The lowest BCUT2D eigenvalue weighted by molar-refractivity contribution is 0.410. The lowest BCUT2D eigenvalue weighted by atomic mass is 10.0. The number of nitrogens with zero attached hydrogens (tertiary/aromatic N) is 4. The predicted molar refractivity (Wildman–Crippen MR) is 66.6 cm³/mol. The van der Waals surface area contributed by atoms with Crippen molar-refractivity contribution in [3.63, 3.8) is 0 Å². The summed E-state index contributed by atoms with van der Waals surface area (Å²) in [4.78, 5) is 0. The molecule has 3 aliphatic carbocycles. The zero-order valence-corrected chi connectivity index (χ0v) is 11.1. The maximum Gasteiger partial charge on any atom is 0.165 e. The molecule has 5 heteroatoms. The van der Waals surface area contributed by atoms with Gasteiger partial charge in [0.15, 0.2) is 5.82 Å². The highest BCUT2D eigenvalue weighted by molar-refractivity contribution is 5.15. The van der Waals surface area contributed by atoms with Crippen LogP contribution in [0.3, 0.4) is 0 Å². The van der Waals surface area contributed by atoms with Crippen LogP contribution in [0.5, 0.6) is 0 Å². The van der Waals surface area contributed by atoms with Crippen LogP contribution in [0.4, 0.5) is 0 Å². The van der Waals surface area contributed by atoms with Crippen molar-refractivity contribution in [2.45, 2.75) is 51.7 Å². The van der Waals surface area contributed by atoms with Gasteiger partial charge < -0.3 is 5.32 Å². The molecule has 0 radical (unpaired) electrons. The monoisotopic (exact) mass is 247 g/mol. The molecule has 1 aromatic heterocycles. The van der Waals surface area contributed by atoms with Gasteiger partial charge in [-0.2, -0.15) is 0 Å². The molecule has 2 bridgehead atoms. The molecule has 3 fully saturated rings. The van der Waals surface area contributed by atoms with E-state index in [0.29, 0.717) is 12.1 Å². The summed E-state index contributed by atoms with van der Waals surface area (Å²) in [5.74, 6) is 4.75. The van der Waals surface area contributed by atoms with Gasteiger partial charge in [-0.1, -0.05) is 13.8 Å². The van der Waals surface area contributed by atoms with Gasteiger partial charge in [-0.25, -0.2) is 4.68 Å². The number of tetrazole rings is 1. The molecule has 3 aliphatic rings. The van der Waals surface area contributed by atoms with E-state index in [2.05, 4.69) is 39.4 Å². The predicted octanol–water partition coefficient (Wildman–Crippen LogP) is 1.39. The topological polar surface area (TPSA) is 55.6 Å². The maximum atomic E-state index is 4.25. The van der Waals surface area contributed by atoms with Crippen LogP contribution in [-0.2, 0) is 6.54 Å². The zero-order chi connectivity index (χ0) is 12.3. The molecule has 4 atom stereocenters. The SMILES string of the molecule is CC(C)NCc1nnnn1C1C2C3CCC(C3)C21. The van der Waals surface area contributed by atoms with E-state index in [1.165, 1.54) is 19.3 Å². The third-order valence-electron chi connectivity index (χ3n) is 5.21. The lowest BCUT2D eigenvalue weighted by Gasteiger charge is -2.11. The van der Waals surface area contributed by atoms with E-state index in [4.69, 9.17) is 0 Å². The number of aromatic nitrogens is 4. The number of hydrogen-bond acceptors (Lipinski definition) is 4. The molecule has 4 unspecified atom stereocenters. The standard InChI is InChI=1S/C13H21N5/c1-7(2)14-6-10-15-16-17-18(10)13-11-8-3-4-9(5-8)12(11)13/h7-9,11-14H,3-6H2,1-2H3. The van der Waals surface area contributed by atoms with Crippen molar-refractivity contribution >= 4 is 0 Å². The largest absolute Gasteiger partial charge is 0.308 e. The van der Waals surface area contributed by atoms with Gasteiger partial charge >= 0.3 is 0 Å². The number of hydrogen-bond donors (Lipinski definition) is 1. The molecule has 0 aromatic carbocycles. The molecule has 0 spiro atoms. The average molecular weight is 247 g/mol. The molecule has 0 amide bonds. The summed E-state index contributed by atoms with van der Waals surface area (Å²) in [6.45, 7) is 5.09. The normalized spacial score (nSPS) is 40.5. The Hall–Kier alpha value is -0.970. The molecular formula is C13H21N5. The molecule has 1 N–H and O–H groups in total. The molecule has 3 saturated carbocycles. The van der Waals surface area contributed by atoms with E-state index in [-0.39, 0.29) is 0 Å². The average Bonchev–Trinajstić information content (AvgIpc) is 2.77. The first kappa shape index (κ1) is 10.9. The fourth-order valence-electron chi connectivity index (χ4n) is 4.46. The first-order chi connectivity index (χ1) is 8.75. The van der Waals surface area contributed by atoms with Crippen LogP contribution >= 0.6 is 0 Å². The summed E-state index contributed by atoms with van der Waals surface area (Å²) in [6, 6.07) is 1.10. The first-order valence-electron chi connectivity index (χ1n) is 7.26. The van der Waals surface area contributed by atoms with Crippen molar-refractivity contribution < 1.29 is 0 Å². The van der Waals surface area contributed by atoms with Gasteiger partial charge in [0, 0.05) is 6.04 Å². The minimum Gasteiger partial charge on any atom is -0.308 e. The Bertz CT molecular complexity index is 438. The van der Waals surface area contributed by atoms with Crippen LogP contribution < -0.4 is 5.32 Å². The Balaban J connectivity index is 1.51. The van der Waals surface area contributed by atoms with E-state index in [1.807, 2.05) is 0 Å². The third-order valence-corrected chi connectivity index (χ3v) is 5.21. The third kappa shape index (κ3) is 1.46. The van der Waals surface area contributed by atoms with Gasteiger partial charge in [0.05, 0.1) is 12.6 Å². The summed E-state index contributed by atoms with van der Waals surface area (Å²) in [5, 5.41) is 15.7. The van der Waals surface area contributed by atoms with Gasteiger partial charge in [0.2, 0.25) is 0 Å². The van der Waals surface area contributed by atoms with Crippen molar-refractivity contribution in [2.75, 3.05) is 0 Å². The summed E-state index contributed by atoms with van der Waals surface area (Å²) < 4.78 is 2.12. The number of rotatable bonds is 4. The molecule has 5 nitrogen and oxygen atoms in total. The Morgan fingerprint density at radius 2 is 2.00 bits per heavy atom. The maximum absolute atomic E-state index is 4.25. The van der Waals surface area contributed by atoms with E-state index >= 15 is 0 Å². The summed E-state index contributed by atoms with van der Waals surface area (Å²) >= 11 is 0. The molecule has 1 heterocycles. The number of fused-ring (bicyclic) bond motifs is 5. The Labute approximate surface area is 107 Å².